The molecule has 0 unspecified atom stereocenters. The van der Waals surface area contributed by atoms with Crippen molar-refractivity contribution in [1.82, 2.24) is 14.1 Å². The molecular weight excluding hydrogens is 453 g/mol. The van der Waals surface area contributed by atoms with E-state index in [4.69, 9.17) is 23.2 Å². The molecule has 164 valence electrons. The molecule has 0 radical (unpaired) electrons. The van der Waals surface area contributed by atoms with Gasteiger partial charge in [-0.25, -0.2) is 4.98 Å². The lowest BCUT2D eigenvalue weighted by Crippen LogP contribution is -2.24. The summed E-state index contributed by atoms with van der Waals surface area (Å²) in [4.78, 5) is 17.9. The molecule has 0 atom stereocenters. The third-order valence-electron chi connectivity index (χ3n) is 6.07. The van der Waals surface area contributed by atoms with Crippen molar-refractivity contribution in [2.24, 2.45) is 14.1 Å². The molecule has 5 aromatic rings. The van der Waals surface area contributed by atoms with E-state index in [9.17, 15) is 4.79 Å². The van der Waals surface area contributed by atoms with Crippen LogP contribution in [0.1, 0.15) is 11.3 Å². The van der Waals surface area contributed by atoms with Crippen LogP contribution in [0.3, 0.4) is 0 Å². The van der Waals surface area contributed by atoms with E-state index in [0.29, 0.717) is 22.0 Å². The predicted octanol–water partition coefficient (Wildman–Crippen LogP) is 6.50. The monoisotopic (exact) mass is 473 g/mol. The Morgan fingerprint density at radius 3 is 2.39 bits per heavy atom. The van der Waals surface area contributed by atoms with Crippen LogP contribution in [0.2, 0.25) is 10.0 Å². The van der Waals surface area contributed by atoms with Gasteiger partial charge in [-0.1, -0.05) is 65.7 Å². The first-order valence-electron chi connectivity index (χ1n) is 10.6. The zero-order valence-electron chi connectivity index (χ0n) is 18.2. The number of halogens is 2. The van der Waals surface area contributed by atoms with E-state index in [1.807, 2.05) is 79.3 Å². The van der Waals surface area contributed by atoms with Crippen molar-refractivity contribution in [3.8, 4) is 22.3 Å². The van der Waals surface area contributed by atoms with Gasteiger partial charge < -0.3 is 9.13 Å². The Bertz CT molecular complexity index is 1570. The van der Waals surface area contributed by atoms with Gasteiger partial charge in [0.1, 0.15) is 0 Å². The van der Waals surface area contributed by atoms with E-state index in [1.165, 1.54) is 0 Å². The average Bonchev–Trinajstić information content (AvgIpc) is 3.22. The molecule has 0 N–H and O–H groups in total. The van der Waals surface area contributed by atoms with E-state index in [2.05, 4.69) is 11.1 Å². The second kappa shape index (κ2) is 8.54. The Labute approximate surface area is 201 Å². The first kappa shape index (κ1) is 21.5. The summed E-state index contributed by atoms with van der Waals surface area (Å²) >= 11 is 13.0. The van der Waals surface area contributed by atoms with E-state index in [1.54, 1.807) is 17.1 Å². The molecule has 0 aliphatic heterocycles. The Kier molecular flexibility index (Phi) is 5.57. The van der Waals surface area contributed by atoms with Crippen LogP contribution in [0, 0.1) is 0 Å². The lowest BCUT2D eigenvalue weighted by Gasteiger charge is -2.20. The number of hydrogen-bond donors (Lipinski definition) is 0. The minimum absolute atomic E-state index is 0.0463. The Hall–Kier alpha value is -3.34. The number of pyridine rings is 1. The Morgan fingerprint density at radius 2 is 1.67 bits per heavy atom. The summed E-state index contributed by atoms with van der Waals surface area (Å²) in [6, 6.07) is 21.4. The quantitative estimate of drug-likeness (QED) is 0.298. The molecule has 0 aliphatic carbocycles. The van der Waals surface area contributed by atoms with Crippen molar-refractivity contribution in [3.05, 3.63) is 111 Å². The van der Waals surface area contributed by atoms with Crippen LogP contribution in [0.5, 0.6) is 0 Å². The summed E-state index contributed by atoms with van der Waals surface area (Å²) in [5.41, 5.74) is 6.07. The number of hydrogen-bond acceptors (Lipinski definition) is 2. The molecule has 6 heteroatoms. The standard InChI is InChI=1S/C27H21Cl2N3O/c1-31-16-30-15-19(31)14-22-25(17-7-5-8-18(28)13-17)26-21(20-9-3-4-11-23(20)29)10-6-12-24(26)32(2)27(22)33/h3-13,15-16H,14H2,1-2H3. The van der Waals surface area contributed by atoms with Crippen LogP contribution in [0.25, 0.3) is 33.2 Å². The van der Waals surface area contributed by atoms with Gasteiger partial charge in [-0.05, 0) is 35.4 Å². The number of benzene rings is 3. The summed E-state index contributed by atoms with van der Waals surface area (Å²) in [6.07, 6.45) is 3.98. The fourth-order valence-corrected chi connectivity index (χ4v) is 4.85. The van der Waals surface area contributed by atoms with Crippen molar-refractivity contribution in [2.45, 2.75) is 6.42 Å². The van der Waals surface area contributed by atoms with E-state index in [0.717, 1.165) is 38.9 Å². The summed E-state index contributed by atoms with van der Waals surface area (Å²) in [5, 5.41) is 2.24. The van der Waals surface area contributed by atoms with Crippen LogP contribution in [0.15, 0.2) is 84.0 Å². The van der Waals surface area contributed by atoms with Crippen molar-refractivity contribution in [3.63, 3.8) is 0 Å². The van der Waals surface area contributed by atoms with E-state index >= 15 is 0 Å². The highest BCUT2D eigenvalue weighted by molar-refractivity contribution is 6.34. The predicted molar refractivity (Wildman–Crippen MR) is 136 cm³/mol. The Balaban J connectivity index is 1.96. The molecule has 33 heavy (non-hydrogen) atoms. The van der Waals surface area contributed by atoms with E-state index in [-0.39, 0.29) is 5.56 Å². The van der Waals surface area contributed by atoms with Crippen molar-refractivity contribution < 1.29 is 0 Å². The second-order valence-corrected chi connectivity index (χ2v) is 8.92. The number of aryl methyl sites for hydroxylation is 2. The molecule has 2 aromatic heterocycles. The smallest absolute Gasteiger partial charge is 0.255 e. The lowest BCUT2D eigenvalue weighted by molar-refractivity contribution is 0.827. The number of fused-ring (bicyclic) bond motifs is 1. The number of rotatable bonds is 4. The summed E-state index contributed by atoms with van der Waals surface area (Å²) in [7, 11) is 3.75. The van der Waals surface area contributed by atoms with Gasteiger partial charge in [-0.3, -0.25) is 4.79 Å². The zero-order chi connectivity index (χ0) is 23.1. The third-order valence-corrected chi connectivity index (χ3v) is 6.63. The minimum atomic E-state index is -0.0463. The minimum Gasteiger partial charge on any atom is -0.337 e. The highest BCUT2D eigenvalue weighted by Crippen LogP contribution is 2.40. The van der Waals surface area contributed by atoms with Gasteiger partial charge in [-0.15, -0.1) is 0 Å². The van der Waals surface area contributed by atoms with Gasteiger partial charge in [0.2, 0.25) is 0 Å². The molecule has 0 aliphatic rings. The normalized spacial score (nSPS) is 11.3. The fourth-order valence-electron chi connectivity index (χ4n) is 4.42. The van der Waals surface area contributed by atoms with Gasteiger partial charge in [0.25, 0.3) is 5.56 Å². The maximum atomic E-state index is 13.7. The molecule has 5 rings (SSSR count). The Morgan fingerprint density at radius 1 is 0.909 bits per heavy atom. The highest BCUT2D eigenvalue weighted by Gasteiger charge is 2.21. The van der Waals surface area contributed by atoms with E-state index < -0.39 is 0 Å². The maximum Gasteiger partial charge on any atom is 0.255 e. The topological polar surface area (TPSA) is 39.8 Å². The summed E-state index contributed by atoms with van der Waals surface area (Å²) in [6.45, 7) is 0. The van der Waals surface area contributed by atoms with Gasteiger partial charge in [0.05, 0.1) is 11.8 Å². The first-order valence-corrected chi connectivity index (χ1v) is 11.3. The average molecular weight is 474 g/mol. The molecule has 0 spiro atoms. The van der Waals surface area contributed by atoms with Crippen LogP contribution >= 0.6 is 23.2 Å². The molecule has 0 saturated heterocycles. The van der Waals surface area contributed by atoms with Crippen molar-refractivity contribution >= 4 is 34.1 Å². The fraction of sp³-hybridized carbons (Fsp3) is 0.111. The molecule has 0 fully saturated rings. The second-order valence-electron chi connectivity index (χ2n) is 8.08. The molecule has 2 heterocycles. The van der Waals surface area contributed by atoms with Crippen molar-refractivity contribution in [1.29, 1.82) is 0 Å². The highest BCUT2D eigenvalue weighted by atomic mass is 35.5. The van der Waals surface area contributed by atoms with Gasteiger partial charge >= 0.3 is 0 Å². The van der Waals surface area contributed by atoms with Crippen LogP contribution in [-0.4, -0.2) is 14.1 Å². The lowest BCUT2D eigenvalue weighted by atomic mass is 9.89. The van der Waals surface area contributed by atoms with Crippen LogP contribution in [0.4, 0.5) is 0 Å². The SMILES string of the molecule is Cn1cncc1Cc1c(-c2cccc(Cl)c2)c2c(-c3ccccc3Cl)cccc2n(C)c1=O. The third kappa shape index (κ3) is 3.75. The number of imidazole rings is 1. The molecule has 0 saturated carbocycles. The van der Waals surface area contributed by atoms with Crippen LogP contribution in [-0.2, 0) is 20.5 Å². The molecule has 3 aromatic carbocycles. The summed E-state index contributed by atoms with van der Waals surface area (Å²) < 4.78 is 3.65. The molecule has 0 bridgehead atoms. The van der Waals surface area contributed by atoms with Gasteiger partial charge in [0.15, 0.2) is 0 Å². The van der Waals surface area contributed by atoms with Gasteiger partial charge in [-0.2, -0.15) is 0 Å². The van der Waals surface area contributed by atoms with Gasteiger partial charge in [0, 0.05) is 64.5 Å². The first-order chi connectivity index (χ1) is 16.0. The molecule has 4 nitrogen and oxygen atoms in total. The van der Waals surface area contributed by atoms with Crippen LogP contribution < -0.4 is 5.56 Å². The zero-order valence-corrected chi connectivity index (χ0v) is 19.7. The summed E-state index contributed by atoms with van der Waals surface area (Å²) in [5.74, 6) is 0. The molecular formula is C27H21Cl2N3O. The number of aromatic nitrogens is 3. The molecule has 0 amide bonds. The van der Waals surface area contributed by atoms with Crippen molar-refractivity contribution in [2.75, 3.05) is 0 Å². The largest absolute Gasteiger partial charge is 0.337 e. The maximum absolute atomic E-state index is 13.7. The number of nitrogens with zero attached hydrogens (tertiary/aromatic N) is 3.